The van der Waals surface area contributed by atoms with Gasteiger partial charge in [-0.25, -0.2) is 0 Å². The first-order valence-corrected chi connectivity index (χ1v) is 8.66. The van der Waals surface area contributed by atoms with Crippen molar-refractivity contribution in [3.05, 3.63) is 24.3 Å². The molecule has 1 unspecified atom stereocenters. The molecular formula is C19H32O2. The van der Waals surface area contributed by atoms with Crippen molar-refractivity contribution < 1.29 is 10.2 Å². The molecule has 2 heteroatoms. The normalized spacial score (nSPS) is 35.3. The molecule has 2 fully saturated rings. The van der Waals surface area contributed by atoms with Crippen LogP contribution in [0.2, 0.25) is 0 Å². The van der Waals surface area contributed by atoms with Gasteiger partial charge in [-0.3, -0.25) is 0 Å². The molecule has 0 heterocycles. The number of hydrogen-bond acceptors (Lipinski definition) is 2. The van der Waals surface area contributed by atoms with Gasteiger partial charge in [0.15, 0.2) is 0 Å². The maximum Gasteiger partial charge on any atom is 0.0654 e. The molecule has 2 saturated carbocycles. The Kier molecular flexibility index (Phi) is 5.67. The molecule has 5 atom stereocenters. The average Bonchev–Trinajstić information content (AvgIpc) is 2.87. The molecule has 2 aliphatic carbocycles. The van der Waals surface area contributed by atoms with E-state index in [1.54, 1.807) is 0 Å². The van der Waals surface area contributed by atoms with Crippen LogP contribution in [0.1, 0.15) is 65.2 Å². The van der Waals surface area contributed by atoms with E-state index in [0.717, 1.165) is 32.1 Å². The first-order chi connectivity index (χ1) is 9.93. The van der Waals surface area contributed by atoms with E-state index in [4.69, 9.17) is 0 Å². The quantitative estimate of drug-likeness (QED) is 0.544. The Hall–Kier alpha value is -0.600. The van der Waals surface area contributed by atoms with Crippen molar-refractivity contribution in [2.75, 3.05) is 0 Å². The summed E-state index contributed by atoms with van der Waals surface area (Å²) in [5.41, 5.74) is 0.746. The van der Waals surface area contributed by atoms with Crippen LogP contribution < -0.4 is 0 Å². The van der Waals surface area contributed by atoms with Crippen molar-refractivity contribution >= 4 is 0 Å². The topological polar surface area (TPSA) is 40.5 Å². The summed E-state index contributed by atoms with van der Waals surface area (Å²) in [7, 11) is 0. The maximum atomic E-state index is 10.4. The second-order valence-corrected chi connectivity index (χ2v) is 7.55. The van der Waals surface area contributed by atoms with Gasteiger partial charge >= 0.3 is 0 Å². The van der Waals surface area contributed by atoms with Gasteiger partial charge in [0.25, 0.3) is 0 Å². The van der Waals surface area contributed by atoms with Crippen LogP contribution in [0.4, 0.5) is 0 Å². The van der Waals surface area contributed by atoms with Gasteiger partial charge in [-0.15, -0.1) is 0 Å². The summed E-state index contributed by atoms with van der Waals surface area (Å²) in [4.78, 5) is 0. The third-order valence-electron chi connectivity index (χ3n) is 5.40. The van der Waals surface area contributed by atoms with Gasteiger partial charge in [-0.2, -0.15) is 0 Å². The van der Waals surface area contributed by atoms with Gasteiger partial charge in [0.1, 0.15) is 0 Å². The summed E-state index contributed by atoms with van der Waals surface area (Å²) < 4.78 is 0. The first-order valence-electron chi connectivity index (χ1n) is 8.66. The highest BCUT2D eigenvalue weighted by Crippen LogP contribution is 2.49. The van der Waals surface area contributed by atoms with E-state index >= 15 is 0 Å². The zero-order chi connectivity index (χ0) is 15.5. The van der Waals surface area contributed by atoms with Crippen molar-refractivity contribution in [2.24, 2.45) is 17.8 Å². The van der Waals surface area contributed by atoms with Crippen molar-refractivity contribution in [1.82, 2.24) is 0 Å². The predicted molar refractivity (Wildman–Crippen MR) is 88.0 cm³/mol. The summed E-state index contributed by atoms with van der Waals surface area (Å²) >= 11 is 0. The minimum Gasteiger partial charge on any atom is -0.392 e. The van der Waals surface area contributed by atoms with Crippen LogP contribution in [0.15, 0.2) is 24.3 Å². The van der Waals surface area contributed by atoms with Crippen molar-refractivity contribution in [1.29, 1.82) is 0 Å². The fraction of sp³-hybridized carbons (Fsp3) is 0.789. The minimum atomic E-state index is -0.603. The number of hydrogen-bond donors (Lipinski definition) is 2. The number of aliphatic hydroxyl groups excluding tert-OH is 1. The molecule has 2 nitrogen and oxygen atoms in total. The highest BCUT2D eigenvalue weighted by molar-refractivity contribution is 5.15. The molecule has 0 aromatic rings. The number of unbranched alkanes of at least 4 members (excludes halogenated alkanes) is 2. The molecule has 0 spiro atoms. The lowest BCUT2D eigenvalue weighted by Gasteiger charge is -2.22. The maximum absolute atomic E-state index is 10.4. The number of allylic oxidation sites excluding steroid dienone is 1. The van der Waals surface area contributed by atoms with Crippen LogP contribution in [-0.4, -0.2) is 21.9 Å². The van der Waals surface area contributed by atoms with E-state index in [-0.39, 0.29) is 12.0 Å². The highest BCUT2D eigenvalue weighted by Gasteiger charge is 2.44. The van der Waals surface area contributed by atoms with E-state index < -0.39 is 5.60 Å². The van der Waals surface area contributed by atoms with Gasteiger partial charge < -0.3 is 10.2 Å². The molecule has 2 rings (SSSR count). The Morgan fingerprint density at radius 1 is 1.33 bits per heavy atom. The van der Waals surface area contributed by atoms with Crippen LogP contribution in [0.3, 0.4) is 0 Å². The van der Waals surface area contributed by atoms with E-state index in [9.17, 15) is 10.2 Å². The lowest BCUT2D eigenvalue weighted by molar-refractivity contribution is 0.0509. The standard InChI is InChI=1S/C19H32O2/c1-4-5-6-9-19(3,21)10-7-8-16-17-12-14(2)11-15(17)13-18(16)20/h7-8,15-18,20-21H,2,4-6,9-13H2,1,3H3/t15-,16+,17+,18+,19?/m0/s1. The summed E-state index contributed by atoms with van der Waals surface area (Å²) in [6, 6.07) is 0. The molecule has 2 N–H and O–H groups in total. The Bertz CT molecular complexity index is 383. The predicted octanol–water partition coefficient (Wildman–Crippen LogP) is 4.23. The van der Waals surface area contributed by atoms with Gasteiger partial charge in [0.2, 0.25) is 0 Å². The molecule has 0 saturated heterocycles. The molecule has 0 aromatic carbocycles. The Balaban J connectivity index is 1.84. The van der Waals surface area contributed by atoms with Crippen molar-refractivity contribution in [3.63, 3.8) is 0 Å². The van der Waals surface area contributed by atoms with E-state index in [1.165, 1.54) is 18.4 Å². The fourth-order valence-corrected chi connectivity index (χ4v) is 4.17. The molecule has 0 aromatic heterocycles. The molecule has 0 aliphatic heterocycles. The highest BCUT2D eigenvalue weighted by atomic mass is 16.3. The zero-order valence-electron chi connectivity index (χ0n) is 13.7. The van der Waals surface area contributed by atoms with Gasteiger partial charge in [-0.1, -0.05) is 50.5 Å². The van der Waals surface area contributed by atoms with Crippen molar-refractivity contribution in [2.45, 2.75) is 76.9 Å². The molecule has 2 aliphatic rings. The Morgan fingerprint density at radius 3 is 2.81 bits per heavy atom. The number of fused-ring (bicyclic) bond motifs is 1. The third kappa shape index (κ3) is 4.43. The average molecular weight is 292 g/mol. The van der Waals surface area contributed by atoms with Crippen LogP contribution in [0.25, 0.3) is 0 Å². The molecule has 0 amide bonds. The Morgan fingerprint density at radius 2 is 2.10 bits per heavy atom. The molecular weight excluding hydrogens is 260 g/mol. The second kappa shape index (κ2) is 7.11. The van der Waals surface area contributed by atoms with Gasteiger partial charge in [0, 0.05) is 5.92 Å². The van der Waals surface area contributed by atoms with Crippen LogP contribution in [-0.2, 0) is 0 Å². The van der Waals surface area contributed by atoms with Gasteiger partial charge in [0.05, 0.1) is 11.7 Å². The summed E-state index contributed by atoms with van der Waals surface area (Å²) in [6.45, 7) is 8.22. The third-order valence-corrected chi connectivity index (χ3v) is 5.40. The molecule has 120 valence electrons. The number of rotatable bonds is 7. The molecule has 21 heavy (non-hydrogen) atoms. The zero-order valence-corrected chi connectivity index (χ0v) is 13.7. The molecule has 0 radical (unpaired) electrons. The van der Waals surface area contributed by atoms with E-state index in [1.807, 2.05) is 6.92 Å². The van der Waals surface area contributed by atoms with Crippen molar-refractivity contribution in [3.8, 4) is 0 Å². The summed E-state index contributed by atoms with van der Waals surface area (Å²) in [5, 5.41) is 20.6. The number of aliphatic hydroxyl groups is 2. The SMILES string of the molecule is C=C1C[C@H]2C[C@@H](O)[C@H](C=CCC(C)(O)CCCCC)[C@@H]2C1. The monoisotopic (exact) mass is 292 g/mol. The van der Waals surface area contributed by atoms with Crippen LogP contribution >= 0.6 is 0 Å². The minimum absolute atomic E-state index is 0.200. The van der Waals surface area contributed by atoms with E-state index in [0.29, 0.717) is 18.3 Å². The van der Waals surface area contributed by atoms with E-state index in [2.05, 4.69) is 25.7 Å². The second-order valence-electron chi connectivity index (χ2n) is 7.55. The van der Waals surface area contributed by atoms with Gasteiger partial charge in [-0.05, 0) is 50.9 Å². The lowest BCUT2D eigenvalue weighted by atomic mass is 9.89. The molecule has 0 bridgehead atoms. The lowest BCUT2D eigenvalue weighted by Crippen LogP contribution is -2.23. The van der Waals surface area contributed by atoms with Crippen LogP contribution in [0, 0.1) is 17.8 Å². The van der Waals surface area contributed by atoms with Crippen LogP contribution in [0.5, 0.6) is 0 Å². The largest absolute Gasteiger partial charge is 0.392 e. The first kappa shape index (κ1) is 16.8. The summed E-state index contributed by atoms with van der Waals surface area (Å²) in [6.07, 6.45) is 12.2. The fourth-order valence-electron chi connectivity index (χ4n) is 4.17. The Labute approximate surface area is 130 Å². The smallest absolute Gasteiger partial charge is 0.0654 e. The summed E-state index contributed by atoms with van der Waals surface area (Å²) in [5.74, 6) is 1.47.